The molecule has 0 fully saturated rings. The number of nitrogens with zero attached hydrogens (tertiary/aromatic N) is 4. The quantitative estimate of drug-likeness (QED) is 0.534. The average Bonchev–Trinajstić information content (AvgIpc) is 2.92. The molecule has 0 saturated heterocycles. The number of para-hydroxylation sites is 1. The zero-order chi connectivity index (χ0) is 13.5. The van der Waals surface area contributed by atoms with Crippen LogP contribution in [0.25, 0.3) is 27.5 Å². The second-order valence-electron chi connectivity index (χ2n) is 4.59. The molecule has 4 rings (SSSR count). The van der Waals surface area contributed by atoms with Gasteiger partial charge < -0.3 is 5.73 Å². The van der Waals surface area contributed by atoms with Gasteiger partial charge in [-0.1, -0.05) is 17.3 Å². The summed E-state index contributed by atoms with van der Waals surface area (Å²) in [5.41, 5.74) is 9.50. The number of fused-ring (bicyclic) bond motifs is 2. The molecule has 2 N–H and O–H groups in total. The van der Waals surface area contributed by atoms with Gasteiger partial charge in [0.2, 0.25) is 0 Å². The number of rotatable bonds is 1. The van der Waals surface area contributed by atoms with Crippen LogP contribution in [0.2, 0.25) is 0 Å². The van der Waals surface area contributed by atoms with Gasteiger partial charge in [-0.05, 0) is 30.3 Å². The fraction of sp³-hybridized carbons (Fsp3) is 0. The molecule has 0 bridgehead atoms. The maximum Gasteiger partial charge on any atom is 0.113 e. The van der Waals surface area contributed by atoms with Crippen LogP contribution in [0.1, 0.15) is 0 Å². The topological polar surface area (TPSA) is 69.6 Å². The Morgan fingerprint density at radius 1 is 0.950 bits per heavy atom. The first-order valence-corrected chi connectivity index (χ1v) is 6.27. The molecule has 0 aliphatic rings. The van der Waals surface area contributed by atoms with Gasteiger partial charge in [-0.25, -0.2) is 4.68 Å². The molecule has 5 nitrogen and oxygen atoms in total. The number of benzene rings is 2. The Hall–Kier alpha value is -2.95. The molecule has 0 radical (unpaired) electrons. The summed E-state index contributed by atoms with van der Waals surface area (Å²) < 4.78 is 1.83. The van der Waals surface area contributed by atoms with Crippen molar-refractivity contribution in [3.8, 4) is 5.69 Å². The third-order valence-corrected chi connectivity index (χ3v) is 3.41. The molecule has 0 spiro atoms. The van der Waals surface area contributed by atoms with Crippen LogP contribution < -0.4 is 5.73 Å². The van der Waals surface area contributed by atoms with Gasteiger partial charge in [0.1, 0.15) is 5.52 Å². The van der Waals surface area contributed by atoms with E-state index in [-0.39, 0.29) is 0 Å². The standard InChI is InChI=1S/C15H11N5/c16-12-5-6-14(10-7-8-17-9-11(10)12)20-15-4-2-1-3-13(15)18-19-20/h1-9H,16H2. The molecule has 20 heavy (non-hydrogen) atoms. The number of anilines is 1. The molecule has 2 heterocycles. The van der Waals surface area contributed by atoms with Crippen LogP contribution in [-0.2, 0) is 0 Å². The summed E-state index contributed by atoms with van der Waals surface area (Å²) in [5.74, 6) is 0. The van der Waals surface area contributed by atoms with Crippen molar-refractivity contribution in [2.24, 2.45) is 0 Å². The molecule has 0 aliphatic heterocycles. The minimum Gasteiger partial charge on any atom is -0.398 e. The van der Waals surface area contributed by atoms with Crippen molar-refractivity contribution in [2.45, 2.75) is 0 Å². The van der Waals surface area contributed by atoms with E-state index >= 15 is 0 Å². The van der Waals surface area contributed by atoms with Gasteiger partial charge in [0, 0.05) is 28.9 Å². The third-order valence-electron chi connectivity index (χ3n) is 3.41. The summed E-state index contributed by atoms with van der Waals surface area (Å²) in [6.45, 7) is 0. The molecule has 5 heteroatoms. The average molecular weight is 261 g/mol. The lowest BCUT2D eigenvalue weighted by molar-refractivity contribution is 0.829. The van der Waals surface area contributed by atoms with Crippen LogP contribution in [0.5, 0.6) is 0 Å². The second kappa shape index (κ2) is 4.03. The lowest BCUT2D eigenvalue weighted by atomic mass is 10.1. The molecule has 96 valence electrons. The first-order chi connectivity index (χ1) is 9.84. The van der Waals surface area contributed by atoms with Crippen molar-refractivity contribution in [3.63, 3.8) is 0 Å². The van der Waals surface area contributed by atoms with Crippen LogP contribution >= 0.6 is 0 Å². The molecule has 4 aromatic rings. The Morgan fingerprint density at radius 3 is 2.80 bits per heavy atom. The largest absolute Gasteiger partial charge is 0.398 e. The summed E-state index contributed by atoms with van der Waals surface area (Å²) in [5, 5.41) is 10.4. The maximum atomic E-state index is 6.01. The van der Waals surface area contributed by atoms with Gasteiger partial charge in [-0.3, -0.25) is 4.98 Å². The monoisotopic (exact) mass is 261 g/mol. The fourth-order valence-electron chi connectivity index (χ4n) is 2.43. The highest BCUT2D eigenvalue weighted by Gasteiger charge is 2.10. The van der Waals surface area contributed by atoms with Crippen molar-refractivity contribution in [1.82, 2.24) is 20.0 Å². The highest BCUT2D eigenvalue weighted by Crippen LogP contribution is 2.27. The smallest absolute Gasteiger partial charge is 0.113 e. The van der Waals surface area contributed by atoms with E-state index in [1.54, 1.807) is 12.4 Å². The van der Waals surface area contributed by atoms with Crippen molar-refractivity contribution in [2.75, 3.05) is 5.73 Å². The van der Waals surface area contributed by atoms with Gasteiger partial charge in [-0.2, -0.15) is 0 Å². The normalized spacial score (nSPS) is 11.2. The zero-order valence-corrected chi connectivity index (χ0v) is 10.6. The predicted octanol–water partition coefficient (Wildman–Crippen LogP) is 2.55. The Balaban J connectivity index is 2.10. The van der Waals surface area contributed by atoms with Crippen molar-refractivity contribution >= 4 is 27.5 Å². The highest BCUT2D eigenvalue weighted by atomic mass is 15.4. The van der Waals surface area contributed by atoms with Gasteiger partial charge in [0.05, 0.1) is 11.2 Å². The summed E-state index contributed by atoms with van der Waals surface area (Å²) in [4.78, 5) is 4.13. The van der Waals surface area contributed by atoms with Crippen LogP contribution in [0.3, 0.4) is 0 Å². The molecule has 2 aromatic heterocycles. The summed E-state index contributed by atoms with van der Waals surface area (Å²) in [7, 11) is 0. The van der Waals surface area contributed by atoms with E-state index in [0.29, 0.717) is 5.69 Å². The van der Waals surface area contributed by atoms with Gasteiger partial charge in [0.25, 0.3) is 0 Å². The SMILES string of the molecule is Nc1ccc(-n2nnc3ccccc32)c2ccncc12. The Morgan fingerprint density at radius 2 is 1.85 bits per heavy atom. The number of hydrogen-bond donors (Lipinski definition) is 1. The van der Waals surface area contributed by atoms with Gasteiger partial charge in [-0.15, -0.1) is 5.10 Å². The lowest BCUT2D eigenvalue weighted by Crippen LogP contribution is -1.99. The first kappa shape index (κ1) is 10.9. The zero-order valence-electron chi connectivity index (χ0n) is 10.6. The Labute approximate surface area is 114 Å². The Kier molecular flexibility index (Phi) is 2.20. The minimum atomic E-state index is 0.710. The Bertz CT molecular complexity index is 926. The number of pyridine rings is 1. The molecule has 0 unspecified atom stereocenters. The first-order valence-electron chi connectivity index (χ1n) is 6.27. The minimum absolute atomic E-state index is 0.710. The van der Waals surface area contributed by atoms with Crippen LogP contribution in [0.4, 0.5) is 5.69 Å². The number of nitrogen functional groups attached to an aromatic ring is 1. The van der Waals surface area contributed by atoms with E-state index < -0.39 is 0 Å². The van der Waals surface area contributed by atoms with Crippen LogP contribution in [0, 0.1) is 0 Å². The van der Waals surface area contributed by atoms with Gasteiger partial charge in [0.15, 0.2) is 0 Å². The van der Waals surface area contributed by atoms with E-state index in [1.807, 2.05) is 47.1 Å². The molecule has 0 aliphatic carbocycles. The highest BCUT2D eigenvalue weighted by molar-refractivity contribution is 5.98. The summed E-state index contributed by atoms with van der Waals surface area (Å²) in [6, 6.07) is 13.6. The maximum absolute atomic E-state index is 6.01. The molecule has 0 atom stereocenters. The van der Waals surface area contributed by atoms with E-state index in [4.69, 9.17) is 5.73 Å². The molecule has 0 amide bonds. The number of aromatic nitrogens is 4. The number of hydrogen-bond acceptors (Lipinski definition) is 4. The van der Waals surface area contributed by atoms with E-state index in [0.717, 1.165) is 27.5 Å². The molecule has 0 saturated carbocycles. The van der Waals surface area contributed by atoms with Crippen molar-refractivity contribution < 1.29 is 0 Å². The molecular weight excluding hydrogens is 250 g/mol. The summed E-state index contributed by atoms with van der Waals surface area (Å²) in [6.07, 6.45) is 3.53. The van der Waals surface area contributed by atoms with Gasteiger partial charge >= 0.3 is 0 Å². The molecule has 2 aromatic carbocycles. The third kappa shape index (κ3) is 1.46. The fourth-order valence-corrected chi connectivity index (χ4v) is 2.43. The van der Waals surface area contributed by atoms with Crippen molar-refractivity contribution in [1.29, 1.82) is 0 Å². The molecular formula is C15H11N5. The van der Waals surface area contributed by atoms with Crippen LogP contribution in [-0.4, -0.2) is 20.0 Å². The lowest BCUT2D eigenvalue weighted by Gasteiger charge is -2.08. The van der Waals surface area contributed by atoms with Crippen molar-refractivity contribution in [3.05, 3.63) is 54.9 Å². The van der Waals surface area contributed by atoms with E-state index in [9.17, 15) is 0 Å². The number of nitrogens with two attached hydrogens (primary N) is 1. The van der Waals surface area contributed by atoms with E-state index in [2.05, 4.69) is 15.3 Å². The van der Waals surface area contributed by atoms with Crippen LogP contribution in [0.15, 0.2) is 54.9 Å². The second-order valence-corrected chi connectivity index (χ2v) is 4.59. The summed E-state index contributed by atoms with van der Waals surface area (Å²) >= 11 is 0. The predicted molar refractivity (Wildman–Crippen MR) is 78.6 cm³/mol. The van der Waals surface area contributed by atoms with E-state index in [1.165, 1.54) is 0 Å².